The zero-order valence-corrected chi connectivity index (χ0v) is 14.5. The Labute approximate surface area is 138 Å². The van der Waals surface area contributed by atoms with Gasteiger partial charge in [-0.1, -0.05) is 0 Å². The van der Waals surface area contributed by atoms with Gasteiger partial charge in [0, 0.05) is 39.3 Å². The Bertz CT molecular complexity index is 513. The number of amides is 1. The number of morpholine rings is 1. The van der Waals surface area contributed by atoms with Crippen LogP contribution in [-0.2, 0) is 19.7 Å². The molecule has 3 rings (SSSR count). The summed E-state index contributed by atoms with van der Waals surface area (Å²) in [6.45, 7) is 4.20. The van der Waals surface area contributed by atoms with E-state index >= 15 is 0 Å². The van der Waals surface area contributed by atoms with Crippen LogP contribution in [0.2, 0.25) is 0 Å². The Morgan fingerprint density at radius 1 is 0.870 bits per heavy atom. The van der Waals surface area contributed by atoms with E-state index in [1.165, 1.54) is 15.0 Å². The van der Waals surface area contributed by atoms with Crippen molar-refractivity contribution in [2.45, 2.75) is 32.1 Å². The highest BCUT2D eigenvalue weighted by Crippen LogP contribution is 2.24. The summed E-state index contributed by atoms with van der Waals surface area (Å²) >= 11 is 0. The summed E-state index contributed by atoms with van der Waals surface area (Å²) < 4.78 is 33.7. The molecular weight excluding hydrogens is 318 g/mol. The van der Waals surface area contributed by atoms with E-state index in [1.54, 1.807) is 0 Å². The van der Waals surface area contributed by atoms with Crippen molar-refractivity contribution in [2.75, 3.05) is 52.5 Å². The second-order valence-corrected chi connectivity index (χ2v) is 8.53. The Morgan fingerprint density at radius 2 is 1.57 bits per heavy atom. The van der Waals surface area contributed by atoms with Gasteiger partial charge in [0.1, 0.15) is 0 Å². The smallest absolute Gasteiger partial charge is 0.282 e. The molecule has 3 fully saturated rings. The average molecular weight is 345 g/mol. The summed E-state index contributed by atoms with van der Waals surface area (Å²) in [6, 6.07) is 0. The molecule has 1 unspecified atom stereocenters. The van der Waals surface area contributed by atoms with Gasteiger partial charge in [-0.05, 0) is 32.1 Å². The third-order valence-corrected chi connectivity index (χ3v) is 7.03. The largest absolute Gasteiger partial charge is 0.379 e. The van der Waals surface area contributed by atoms with Gasteiger partial charge in [0.25, 0.3) is 10.2 Å². The van der Waals surface area contributed by atoms with Crippen LogP contribution in [0.25, 0.3) is 0 Å². The molecule has 1 atom stereocenters. The summed E-state index contributed by atoms with van der Waals surface area (Å²) in [4.78, 5) is 14.6. The number of hydrogen-bond acceptors (Lipinski definition) is 4. The van der Waals surface area contributed by atoms with E-state index in [9.17, 15) is 13.2 Å². The lowest BCUT2D eigenvalue weighted by Crippen LogP contribution is -2.53. The third-order valence-electron chi connectivity index (χ3n) is 5.02. The Morgan fingerprint density at radius 3 is 2.26 bits per heavy atom. The van der Waals surface area contributed by atoms with Gasteiger partial charge in [-0.2, -0.15) is 17.0 Å². The van der Waals surface area contributed by atoms with E-state index in [0.29, 0.717) is 39.4 Å². The summed E-state index contributed by atoms with van der Waals surface area (Å²) in [5, 5.41) is 0. The lowest BCUT2D eigenvalue weighted by molar-refractivity contribution is -0.137. The van der Waals surface area contributed by atoms with Gasteiger partial charge in [-0.3, -0.25) is 4.79 Å². The van der Waals surface area contributed by atoms with Gasteiger partial charge < -0.3 is 9.64 Å². The van der Waals surface area contributed by atoms with Gasteiger partial charge >= 0.3 is 0 Å². The second kappa shape index (κ2) is 7.46. The molecule has 132 valence electrons. The van der Waals surface area contributed by atoms with Gasteiger partial charge in [-0.25, -0.2) is 0 Å². The van der Waals surface area contributed by atoms with Crippen molar-refractivity contribution in [1.82, 2.24) is 13.5 Å². The maximum atomic E-state index is 12.8. The highest BCUT2D eigenvalue weighted by Gasteiger charge is 2.37. The zero-order chi connectivity index (χ0) is 16.3. The number of rotatable bonds is 3. The molecule has 0 N–H and O–H groups in total. The molecule has 0 aromatic heterocycles. The first kappa shape index (κ1) is 17.1. The first-order valence-corrected chi connectivity index (χ1v) is 10.1. The fourth-order valence-corrected chi connectivity index (χ4v) is 5.33. The van der Waals surface area contributed by atoms with Crippen molar-refractivity contribution in [3.05, 3.63) is 0 Å². The van der Waals surface area contributed by atoms with Gasteiger partial charge in [-0.15, -0.1) is 0 Å². The Balaban J connectivity index is 1.64. The topological polar surface area (TPSA) is 70.2 Å². The van der Waals surface area contributed by atoms with Crippen molar-refractivity contribution >= 4 is 16.1 Å². The molecule has 0 saturated carbocycles. The average Bonchev–Trinajstić information content (AvgIpc) is 2.62. The highest BCUT2D eigenvalue weighted by molar-refractivity contribution is 7.86. The van der Waals surface area contributed by atoms with Crippen molar-refractivity contribution in [1.29, 1.82) is 0 Å². The zero-order valence-electron chi connectivity index (χ0n) is 13.7. The highest BCUT2D eigenvalue weighted by atomic mass is 32.2. The summed E-state index contributed by atoms with van der Waals surface area (Å²) in [5.74, 6) is -0.0377. The molecule has 3 saturated heterocycles. The van der Waals surface area contributed by atoms with Crippen LogP contribution in [0.5, 0.6) is 0 Å². The maximum Gasteiger partial charge on any atom is 0.282 e. The number of carbonyl (C=O) groups excluding carboxylic acids is 1. The van der Waals surface area contributed by atoms with E-state index < -0.39 is 10.2 Å². The van der Waals surface area contributed by atoms with Crippen molar-refractivity contribution in [2.24, 2.45) is 5.92 Å². The number of likely N-dealkylation sites (tertiary alicyclic amines) is 1. The molecule has 0 spiro atoms. The minimum atomic E-state index is -3.47. The molecule has 0 aromatic carbocycles. The molecule has 23 heavy (non-hydrogen) atoms. The summed E-state index contributed by atoms with van der Waals surface area (Å²) in [6.07, 6.45) is 4.87. The first-order chi connectivity index (χ1) is 11.1. The summed E-state index contributed by atoms with van der Waals surface area (Å²) in [5.41, 5.74) is 0. The van der Waals surface area contributed by atoms with E-state index in [0.717, 1.165) is 38.8 Å². The minimum Gasteiger partial charge on any atom is -0.379 e. The maximum absolute atomic E-state index is 12.8. The molecule has 8 heteroatoms. The standard InChI is InChI=1S/C15H27N3O4S/c19-15(16-6-2-1-3-7-16)14-5-4-8-18(13-14)23(20,21)17-9-11-22-12-10-17/h14H,1-13H2. The molecule has 3 aliphatic rings. The van der Waals surface area contributed by atoms with Crippen molar-refractivity contribution < 1.29 is 17.9 Å². The van der Waals surface area contributed by atoms with Crippen LogP contribution in [0.4, 0.5) is 0 Å². The number of nitrogens with zero attached hydrogens (tertiary/aromatic N) is 3. The Hall–Kier alpha value is -0.700. The SMILES string of the molecule is O=C(C1CCCN(S(=O)(=O)N2CCOCC2)C1)N1CCCCC1. The van der Waals surface area contributed by atoms with Crippen LogP contribution in [0, 0.1) is 5.92 Å². The number of hydrogen-bond donors (Lipinski definition) is 0. The quantitative estimate of drug-likeness (QED) is 0.737. The molecule has 1 amide bonds. The van der Waals surface area contributed by atoms with Crippen molar-refractivity contribution in [3.63, 3.8) is 0 Å². The van der Waals surface area contributed by atoms with E-state index in [2.05, 4.69) is 0 Å². The molecular formula is C15H27N3O4S. The molecule has 0 radical (unpaired) electrons. The fraction of sp³-hybridized carbons (Fsp3) is 0.933. The molecule has 0 aliphatic carbocycles. The molecule has 0 bridgehead atoms. The van der Waals surface area contributed by atoms with Crippen LogP contribution in [-0.4, -0.2) is 80.3 Å². The summed E-state index contributed by atoms with van der Waals surface area (Å²) in [7, 11) is -3.47. The fourth-order valence-electron chi connectivity index (χ4n) is 3.67. The normalized spacial score (nSPS) is 28.7. The van der Waals surface area contributed by atoms with Crippen LogP contribution in [0.1, 0.15) is 32.1 Å². The van der Waals surface area contributed by atoms with E-state index in [1.807, 2.05) is 4.90 Å². The lowest BCUT2D eigenvalue weighted by atomic mass is 9.97. The molecule has 3 heterocycles. The van der Waals surface area contributed by atoms with Gasteiger partial charge in [0.15, 0.2) is 0 Å². The van der Waals surface area contributed by atoms with Crippen LogP contribution < -0.4 is 0 Å². The van der Waals surface area contributed by atoms with Crippen LogP contribution >= 0.6 is 0 Å². The number of carbonyl (C=O) groups is 1. The predicted molar refractivity (Wildman–Crippen MR) is 86.0 cm³/mol. The van der Waals surface area contributed by atoms with Gasteiger partial charge in [0.05, 0.1) is 19.1 Å². The molecule has 0 aromatic rings. The third kappa shape index (κ3) is 3.87. The van der Waals surface area contributed by atoms with Crippen molar-refractivity contribution in [3.8, 4) is 0 Å². The minimum absolute atomic E-state index is 0.145. The first-order valence-electron chi connectivity index (χ1n) is 8.71. The van der Waals surface area contributed by atoms with Gasteiger partial charge in [0.2, 0.25) is 5.91 Å². The molecule has 3 aliphatic heterocycles. The van der Waals surface area contributed by atoms with Crippen LogP contribution in [0.3, 0.4) is 0 Å². The van der Waals surface area contributed by atoms with Crippen LogP contribution in [0.15, 0.2) is 0 Å². The van der Waals surface area contributed by atoms with E-state index in [-0.39, 0.29) is 11.8 Å². The van der Waals surface area contributed by atoms with E-state index in [4.69, 9.17) is 4.74 Å². The lowest BCUT2D eigenvalue weighted by Gasteiger charge is -2.38. The number of ether oxygens (including phenoxy) is 1. The predicted octanol–water partition coefficient (Wildman–Crippen LogP) is 0.288. The second-order valence-electron chi connectivity index (χ2n) is 6.60. The molecule has 7 nitrogen and oxygen atoms in total. The monoisotopic (exact) mass is 345 g/mol. The Kier molecular flexibility index (Phi) is 5.56. The number of piperidine rings is 2.